The van der Waals surface area contributed by atoms with Crippen LogP contribution in [0.4, 0.5) is 4.79 Å². The van der Waals surface area contributed by atoms with Crippen LogP contribution in [0.15, 0.2) is 18.2 Å². The molecule has 1 rings (SSSR count). The summed E-state index contributed by atoms with van der Waals surface area (Å²) in [5, 5.41) is 9.76. The molecule has 0 saturated carbocycles. The summed E-state index contributed by atoms with van der Waals surface area (Å²) in [4.78, 5) is 10.6. The molecule has 4 heteroatoms. The quantitative estimate of drug-likeness (QED) is 0.839. The number of hydrogen-bond donors (Lipinski definition) is 2. The summed E-state index contributed by atoms with van der Waals surface area (Å²) in [6, 6.07) is 5.87. The normalized spacial score (nSPS) is 14.1. The molecule has 3 N–H and O–H groups in total. The monoisotopic (exact) mass is 237 g/mol. The molecule has 0 bridgehead atoms. The molecule has 0 spiro atoms. The number of rotatable bonds is 4. The molecule has 0 saturated heterocycles. The van der Waals surface area contributed by atoms with Gasteiger partial charge in [-0.2, -0.15) is 0 Å². The van der Waals surface area contributed by atoms with Crippen molar-refractivity contribution in [2.24, 2.45) is 5.73 Å². The van der Waals surface area contributed by atoms with Crippen molar-refractivity contribution in [2.75, 3.05) is 6.61 Å². The number of amides is 1. The fraction of sp³-hybridized carbons (Fsp3) is 0.462. The minimum atomic E-state index is -0.819. The van der Waals surface area contributed by atoms with E-state index in [2.05, 4.69) is 0 Å². The first-order chi connectivity index (χ1) is 7.93. The minimum absolute atomic E-state index is 0.0945. The Balaban J connectivity index is 2.97. The summed E-state index contributed by atoms with van der Waals surface area (Å²) in [6.45, 7) is 5.77. The summed E-state index contributed by atoms with van der Waals surface area (Å²) >= 11 is 0. The molecule has 1 aromatic carbocycles. The van der Waals surface area contributed by atoms with Crippen molar-refractivity contribution in [2.45, 2.75) is 32.8 Å². The molecule has 1 amide bonds. The highest BCUT2D eigenvalue weighted by molar-refractivity contribution is 5.64. The highest BCUT2D eigenvalue weighted by Crippen LogP contribution is 2.25. The average Bonchev–Trinajstić information content (AvgIpc) is 2.23. The van der Waals surface area contributed by atoms with Crippen LogP contribution in [-0.2, 0) is 4.74 Å². The highest BCUT2D eigenvalue weighted by Gasteiger charge is 2.21. The lowest BCUT2D eigenvalue weighted by Gasteiger charge is -2.22. The van der Waals surface area contributed by atoms with E-state index in [-0.39, 0.29) is 12.5 Å². The SMILES string of the molecule is Cc1cccc([C@@H](COC(N)=O)[C@@H](C)O)c1C. The van der Waals surface area contributed by atoms with Gasteiger partial charge in [0.25, 0.3) is 0 Å². The second-order valence-electron chi connectivity index (χ2n) is 4.27. The number of benzene rings is 1. The molecule has 0 radical (unpaired) electrons. The van der Waals surface area contributed by atoms with E-state index in [1.807, 2.05) is 32.0 Å². The smallest absolute Gasteiger partial charge is 0.404 e. The first-order valence-corrected chi connectivity index (χ1v) is 5.60. The van der Waals surface area contributed by atoms with Gasteiger partial charge in [0.05, 0.1) is 6.10 Å². The Morgan fingerprint density at radius 2 is 2.12 bits per heavy atom. The van der Waals surface area contributed by atoms with Gasteiger partial charge in [0, 0.05) is 5.92 Å². The van der Waals surface area contributed by atoms with Gasteiger partial charge >= 0.3 is 6.09 Å². The van der Waals surface area contributed by atoms with Crippen molar-refractivity contribution in [3.05, 3.63) is 34.9 Å². The predicted molar refractivity (Wildman–Crippen MR) is 65.9 cm³/mol. The van der Waals surface area contributed by atoms with Crippen LogP contribution in [0.25, 0.3) is 0 Å². The molecule has 0 aliphatic rings. The van der Waals surface area contributed by atoms with Gasteiger partial charge in [-0.25, -0.2) is 4.79 Å². The number of ether oxygens (including phenoxy) is 1. The third-order valence-electron chi connectivity index (χ3n) is 3.03. The summed E-state index contributed by atoms with van der Waals surface area (Å²) in [5.74, 6) is -0.248. The van der Waals surface area contributed by atoms with E-state index in [1.54, 1.807) is 6.92 Å². The van der Waals surface area contributed by atoms with E-state index >= 15 is 0 Å². The summed E-state index contributed by atoms with van der Waals surface area (Å²) in [6.07, 6.45) is -1.42. The van der Waals surface area contributed by atoms with E-state index < -0.39 is 12.2 Å². The zero-order valence-corrected chi connectivity index (χ0v) is 10.4. The van der Waals surface area contributed by atoms with Gasteiger partial charge < -0.3 is 15.6 Å². The third-order valence-corrected chi connectivity index (χ3v) is 3.03. The topological polar surface area (TPSA) is 72.5 Å². The molecular weight excluding hydrogens is 218 g/mol. The molecule has 17 heavy (non-hydrogen) atoms. The van der Waals surface area contributed by atoms with Crippen LogP contribution in [0.1, 0.15) is 29.5 Å². The largest absolute Gasteiger partial charge is 0.449 e. The van der Waals surface area contributed by atoms with Gasteiger partial charge in [-0.1, -0.05) is 18.2 Å². The molecule has 0 heterocycles. The van der Waals surface area contributed by atoms with Crippen LogP contribution < -0.4 is 5.73 Å². The Morgan fingerprint density at radius 3 is 2.65 bits per heavy atom. The molecule has 0 aliphatic carbocycles. The van der Waals surface area contributed by atoms with Crippen molar-refractivity contribution in [3.63, 3.8) is 0 Å². The van der Waals surface area contributed by atoms with E-state index in [0.29, 0.717) is 0 Å². The minimum Gasteiger partial charge on any atom is -0.449 e. The standard InChI is InChI=1S/C13H19NO3/c1-8-5-4-6-11(9(8)2)12(10(3)15)7-17-13(14)16/h4-6,10,12,15H,7H2,1-3H3,(H2,14,16)/t10-,12+/m1/s1. The Bertz CT molecular complexity index is 402. The van der Waals surface area contributed by atoms with Crippen molar-refractivity contribution in [1.82, 2.24) is 0 Å². The molecule has 4 nitrogen and oxygen atoms in total. The maximum Gasteiger partial charge on any atom is 0.404 e. The molecular formula is C13H19NO3. The Kier molecular flexibility index (Phi) is 4.52. The van der Waals surface area contributed by atoms with Gasteiger partial charge in [-0.3, -0.25) is 0 Å². The highest BCUT2D eigenvalue weighted by atomic mass is 16.5. The Labute approximate surface area is 101 Å². The summed E-state index contributed by atoms with van der Waals surface area (Å²) in [7, 11) is 0. The van der Waals surface area contributed by atoms with Crippen molar-refractivity contribution >= 4 is 6.09 Å². The molecule has 1 aromatic rings. The van der Waals surface area contributed by atoms with Crippen LogP contribution >= 0.6 is 0 Å². The van der Waals surface area contributed by atoms with E-state index in [4.69, 9.17) is 10.5 Å². The van der Waals surface area contributed by atoms with Crippen molar-refractivity contribution < 1.29 is 14.6 Å². The first kappa shape index (κ1) is 13.5. The number of hydrogen-bond acceptors (Lipinski definition) is 3. The zero-order valence-electron chi connectivity index (χ0n) is 10.4. The number of nitrogens with two attached hydrogens (primary N) is 1. The zero-order chi connectivity index (χ0) is 13.0. The van der Waals surface area contributed by atoms with Gasteiger partial charge in [0.2, 0.25) is 0 Å². The van der Waals surface area contributed by atoms with Gasteiger partial charge in [0.15, 0.2) is 0 Å². The second-order valence-corrected chi connectivity index (χ2v) is 4.27. The van der Waals surface area contributed by atoms with Crippen LogP contribution in [0.5, 0.6) is 0 Å². The number of aryl methyl sites for hydroxylation is 1. The van der Waals surface area contributed by atoms with Gasteiger partial charge in [-0.15, -0.1) is 0 Å². The van der Waals surface area contributed by atoms with Crippen LogP contribution in [-0.4, -0.2) is 23.9 Å². The number of carbonyl (C=O) groups is 1. The fourth-order valence-electron chi connectivity index (χ4n) is 1.84. The molecule has 0 aromatic heterocycles. The van der Waals surface area contributed by atoms with Gasteiger partial charge in [-0.05, 0) is 37.5 Å². The molecule has 2 atom stereocenters. The lowest BCUT2D eigenvalue weighted by molar-refractivity contribution is 0.0991. The van der Waals surface area contributed by atoms with E-state index in [1.165, 1.54) is 0 Å². The lowest BCUT2D eigenvalue weighted by atomic mass is 9.89. The van der Waals surface area contributed by atoms with Crippen molar-refractivity contribution in [1.29, 1.82) is 0 Å². The maximum atomic E-state index is 10.6. The number of aliphatic hydroxyl groups is 1. The maximum absolute atomic E-state index is 10.6. The molecule has 0 fully saturated rings. The number of carbonyl (C=O) groups excluding carboxylic acids is 1. The van der Waals surface area contributed by atoms with Gasteiger partial charge in [0.1, 0.15) is 6.61 Å². The Morgan fingerprint density at radius 1 is 1.47 bits per heavy atom. The van der Waals surface area contributed by atoms with Crippen LogP contribution in [0, 0.1) is 13.8 Å². The fourth-order valence-corrected chi connectivity index (χ4v) is 1.84. The molecule has 0 aliphatic heterocycles. The lowest BCUT2D eigenvalue weighted by Crippen LogP contribution is -2.25. The number of primary amides is 1. The average molecular weight is 237 g/mol. The van der Waals surface area contributed by atoms with Crippen molar-refractivity contribution in [3.8, 4) is 0 Å². The number of aliphatic hydroxyl groups excluding tert-OH is 1. The van der Waals surface area contributed by atoms with E-state index in [0.717, 1.165) is 16.7 Å². The predicted octanol–water partition coefficient (Wildman–Crippen LogP) is 1.86. The second kappa shape index (κ2) is 5.68. The Hall–Kier alpha value is -1.55. The van der Waals surface area contributed by atoms with E-state index in [9.17, 15) is 9.90 Å². The third kappa shape index (κ3) is 3.46. The molecule has 94 valence electrons. The van der Waals surface area contributed by atoms with Crippen LogP contribution in [0.2, 0.25) is 0 Å². The first-order valence-electron chi connectivity index (χ1n) is 5.60. The summed E-state index contributed by atoms with van der Waals surface area (Å²) < 4.78 is 4.79. The molecule has 0 unspecified atom stereocenters. The summed E-state index contributed by atoms with van der Waals surface area (Å²) in [5.41, 5.74) is 8.18. The van der Waals surface area contributed by atoms with Crippen LogP contribution in [0.3, 0.4) is 0 Å².